The van der Waals surface area contributed by atoms with Crippen molar-refractivity contribution in [3.05, 3.63) is 58.6 Å². The average molecular weight is 364 g/mol. The summed E-state index contributed by atoms with van der Waals surface area (Å²) in [6.07, 6.45) is 6.33. The fourth-order valence-corrected chi connectivity index (χ4v) is 4.00. The number of aryl methyl sites for hydroxylation is 3. The van der Waals surface area contributed by atoms with Crippen LogP contribution in [0.15, 0.2) is 35.0 Å². The van der Waals surface area contributed by atoms with Crippen LogP contribution in [0.3, 0.4) is 0 Å². The molecule has 0 bridgehead atoms. The zero-order valence-electron chi connectivity index (χ0n) is 16.5. The number of hydrogen-bond donors (Lipinski definition) is 1. The van der Waals surface area contributed by atoms with E-state index in [4.69, 9.17) is 4.52 Å². The lowest BCUT2D eigenvalue weighted by molar-refractivity contribution is 0.236. The molecule has 0 radical (unpaired) electrons. The first kappa shape index (κ1) is 18.0. The fourth-order valence-electron chi connectivity index (χ4n) is 4.00. The van der Waals surface area contributed by atoms with Crippen molar-refractivity contribution in [3.8, 4) is 11.3 Å². The van der Waals surface area contributed by atoms with Crippen LogP contribution in [0.25, 0.3) is 11.3 Å². The smallest absolute Gasteiger partial charge is 0.137 e. The topological polar surface area (TPSA) is 58.0 Å². The minimum absolute atomic E-state index is 0.335. The van der Waals surface area contributed by atoms with Crippen molar-refractivity contribution in [3.63, 3.8) is 0 Å². The summed E-state index contributed by atoms with van der Waals surface area (Å²) in [7, 11) is 0. The zero-order valence-corrected chi connectivity index (χ0v) is 16.5. The predicted molar refractivity (Wildman–Crippen MR) is 106 cm³/mol. The third kappa shape index (κ3) is 3.69. The Morgan fingerprint density at radius 1 is 1.22 bits per heavy atom. The van der Waals surface area contributed by atoms with Crippen molar-refractivity contribution in [2.24, 2.45) is 0 Å². The highest BCUT2D eigenvalue weighted by molar-refractivity contribution is 5.64. The van der Waals surface area contributed by atoms with E-state index in [1.54, 1.807) is 0 Å². The molecule has 1 atom stereocenters. The van der Waals surface area contributed by atoms with Crippen molar-refractivity contribution in [1.29, 1.82) is 0 Å². The summed E-state index contributed by atoms with van der Waals surface area (Å²) in [5.41, 5.74) is 7.25. The lowest BCUT2D eigenvalue weighted by atomic mass is 10.0. The second kappa shape index (κ2) is 7.69. The lowest BCUT2D eigenvalue weighted by Gasteiger charge is -2.22. The Bertz CT molecular complexity index is 911. The van der Waals surface area contributed by atoms with Crippen molar-refractivity contribution in [2.45, 2.75) is 59.0 Å². The van der Waals surface area contributed by atoms with Crippen LogP contribution in [0.1, 0.15) is 60.4 Å². The number of aromatic amines is 1. The van der Waals surface area contributed by atoms with Crippen molar-refractivity contribution < 1.29 is 4.52 Å². The molecule has 0 amide bonds. The predicted octanol–water partition coefficient (Wildman–Crippen LogP) is 4.97. The van der Waals surface area contributed by atoms with Crippen LogP contribution in [0.5, 0.6) is 0 Å². The first-order valence-corrected chi connectivity index (χ1v) is 9.95. The largest absolute Gasteiger partial charge is 0.361 e. The molecule has 1 aromatic carbocycles. The third-order valence-electron chi connectivity index (χ3n) is 5.67. The van der Waals surface area contributed by atoms with E-state index in [0.717, 1.165) is 49.5 Å². The zero-order chi connectivity index (χ0) is 18.8. The molecule has 5 nitrogen and oxygen atoms in total. The van der Waals surface area contributed by atoms with Gasteiger partial charge in [0.2, 0.25) is 0 Å². The van der Waals surface area contributed by atoms with Crippen molar-refractivity contribution in [1.82, 2.24) is 20.3 Å². The lowest BCUT2D eigenvalue weighted by Crippen LogP contribution is -2.23. The molecule has 0 aliphatic carbocycles. The number of aromatic nitrogens is 3. The number of nitrogens with zero attached hydrogens (tertiary/aromatic N) is 3. The Kier molecular flexibility index (Phi) is 5.12. The highest BCUT2D eigenvalue weighted by Gasteiger charge is 2.29. The van der Waals surface area contributed by atoms with Gasteiger partial charge < -0.3 is 4.52 Å². The van der Waals surface area contributed by atoms with Gasteiger partial charge >= 0.3 is 0 Å². The van der Waals surface area contributed by atoms with Crippen LogP contribution in [0.4, 0.5) is 0 Å². The second-order valence-corrected chi connectivity index (χ2v) is 7.67. The van der Waals surface area contributed by atoms with Gasteiger partial charge in [0.25, 0.3) is 0 Å². The van der Waals surface area contributed by atoms with Gasteiger partial charge in [-0.1, -0.05) is 24.2 Å². The second-order valence-electron chi connectivity index (χ2n) is 7.67. The number of nitrogens with one attached hydrogen (secondary N) is 1. The molecule has 1 fully saturated rings. The molecule has 1 unspecified atom stereocenters. The Hall–Kier alpha value is -2.40. The van der Waals surface area contributed by atoms with Gasteiger partial charge in [0.15, 0.2) is 0 Å². The summed E-state index contributed by atoms with van der Waals surface area (Å²) in [5, 5.41) is 11.9. The Labute approximate surface area is 160 Å². The normalized spacial score (nSPS) is 17.7. The molecular weight excluding hydrogens is 336 g/mol. The van der Waals surface area contributed by atoms with E-state index in [-0.39, 0.29) is 0 Å². The van der Waals surface area contributed by atoms with E-state index in [1.165, 1.54) is 28.7 Å². The molecule has 1 N–H and O–H groups in total. The van der Waals surface area contributed by atoms with E-state index in [9.17, 15) is 0 Å². The van der Waals surface area contributed by atoms with E-state index in [0.29, 0.717) is 6.04 Å². The quantitative estimate of drug-likeness (QED) is 0.671. The monoisotopic (exact) mass is 364 g/mol. The first-order chi connectivity index (χ1) is 13.2. The van der Waals surface area contributed by atoms with Crippen molar-refractivity contribution in [2.75, 3.05) is 6.54 Å². The maximum Gasteiger partial charge on any atom is 0.137 e. The Morgan fingerprint density at radius 2 is 2.11 bits per heavy atom. The van der Waals surface area contributed by atoms with Gasteiger partial charge in [-0.25, -0.2) is 0 Å². The van der Waals surface area contributed by atoms with Crippen LogP contribution in [-0.4, -0.2) is 26.8 Å². The minimum Gasteiger partial charge on any atom is -0.361 e. The third-order valence-corrected chi connectivity index (χ3v) is 5.67. The molecule has 4 rings (SSSR count). The summed E-state index contributed by atoms with van der Waals surface area (Å²) in [5.74, 6) is 0.999. The highest BCUT2D eigenvalue weighted by Crippen LogP contribution is 2.34. The fraction of sp³-hybridized carbons (Fsp3) is 0.455. The molecule has 3 aromatic rings. The van der Waals surface area contributed by atoms with Crippen LogP contribution < -0.4 is 0 Å². The maximum absolute atomic E-state index is 5.52. The molecule has 2 aromatic heterocycles. The molecule has 0 saturated carbocycles. The molecule has 5 heteroatoms. The van der Waals surface area contributed by atoms with Crippen LogP contribution in [0.2, 0.25) is 0 Å². The number of likely N-dealkylation sites (tertiary alicyclic amines) is 1. The van der Waals surface area contributed by atoms with Gasteiger partial charge in [-0.2, -0.15) is 5.10 Å². The summed E-state index contributed by atoms with van der Waals surface area (Å²) < 4.78 is 5.52. The van der Waals surface area contributed by atoms with Crippen LogP contribution >= 0.6 is 0 Å². The standard InChI is InChI=1S/C22H28N4O/c1-4-6-19-12-20(25-27-19)21-7-5-10-26(21)14-18-13-23-24-22(18)17-9-8-15(2)16(3)11-17/h8-9,11-13,21H,4-7,10,14H2,1-3H3,(H,23,24). The van der Waals surface area contributed by atoms with Gasteiger partial charge in [0.1, 0.15) is 11.5 Å². The molecule has 1 aliphatic heterocycles. The summed E-state index contributed by atoms with van der Waals surface area (Å²) in [6, 6.07) is 9.07. The molecule has 27 heavy (non-hydrogen) atoms. The maximum atomic E-state index is 5.52. The molecule has 142 valence electrons. The molecular formula is C22H28N4O. The van der Waals surface area contributed by atoms with Gasteiger partial charge in [0.05, 0.1) is 17.9 Å². The molecule has 1 aliphatic rings. The van der Waals surface area contributed by atoms with E-state index in [1.807, 2.05) is 6.20 Å². The average Bonchev–Trinajstić information content (AvgIpc) is 3.39. The highest BCUT2D eigenvalue weighted by atomic mass is 16.5. The molecule has 0 spiro atoms. The van der Waals surface area contributed by atoms with Gasteiger partial charge in [-0.3, -0.25) is 10.00 Å². The number of rotatable bonds is 6. The Balaban J connectivity index is 1.55. The summed E-state index contributed by atoms with van der Waals surface area (Å²) in [4.78, 5) is 2.50. The molecule has 1 saturated heterocycles. The number of H-pyrrole nitrogens is 1. The first-order valence-electron chi connectivity index (χ1n) is 9.95. The number of benzene rings is 1. The van der Waals surface area contributed by atoms with Gasteiger partial charge in [0, 0.05) is 30.2 Å². The van der Waals surface area contributed by atoms with Crippen LogP contribution in [0, 0.1) is 13.8 Å². The van der Waals surface area contributed by atoms with E-state index < -0.39 is 0 Å². The van der Waals surface area contributed by atoms with Gasteiger partial charge in [-0.05, 0) is 56.8 Å². The summed E-state index contributed by atoms with van der Waals surface area (Å²) in [6.45, 7) is 8.42. The van der Waals surface area contributed by atoms with E-state index in [2.05, 4.69) is 65.3 Å². The van der Waals surface area contributed by atoms with Crippen LogP contribution in [-0.2, 0) is 13.0 Å². The number of hydrogen-bond acceptors (Lipinski definition) is 4. The summed E-state index contributed by atoms with van der Waals surface area (Å²) >= 11 is 0. The molecule has 3 heterocycles. The van der Waals surface area contributed by atoms with Crippen molar-refractivity contribution >= 4 is 0 Å². The Morgan fingerprint density at radius 3 is 2.93 bits per heavy atom. The van der Waals surface area contributed by atoms with Gasteiger partial charge in [-0.15, -0.1) is 0 Å². The SMILES string of the molecule is CCCc1cc(C2CCCN2Cc2cn[nH]c2-c2ccc(C)c(C)c2)no1. The van der Waals surface area contributed by atoms with E-state index >= 15 is 0 Å². The minimum atomic E-state index is 0.335.